The predicted octanol–water partition coefficient (Wildman–Crippen LogP) is 4.30. The molecule has 172 valence electrons. The first-order valence-corrected chi connectivity index (χ1v) is 10.9. The highest BCUT2D eigenvalue weighted by Crippen LogP contribution is 2.41. The Morgan fingerprint density at radius 2 is 1.88 bits per heavy atom. The number of pyridine rings is 2. The first-order valence-electron chi connectivity index (χ1n) is 10.9. The molecule has 2 atom stereocenters. The number of hydrogen-bond acceptors (Lipinski definition) is 8. The van der Waals surface area contributed by atoms with Crippen molar-refractivity contribution < 1.29 is 28.5 Å². The summed E-state index contributed by atoms with van der Waals surface area (Å²) in [6.45, 7) is 5.52. The summed E-state index contributed by atoms with van der Waals surface area (Å²) in [7, 11) is 1.55. The van der Waals surface area contributed by atoms with E-state index in [1.54, 1.807) is 19.4 Å². The molecule has 1 saturated heterocycles. The molecule has 1 aliphatic carbocycles. The second-order valence-electron chi connectivity index (χ2n) is 9.25. The highest BCUT2D eigenvalue weighted by atomic mass is 16.8. The van der Waals surface area contributed by atoms with E-state index in [2.05, 4.69) is 15.3 Å². The number of aromatic nitrogens is 2. The highest BCUT2D eigenvalue weighted by molar-refractivity contribution is 5.79. The van der Waals surface area contributed by atoms with Crippen LogP contribution in [0.15, 0.2) is 24.4 Å². The number of methoxy groups -OCH3 is 1. The van der Waals surface area contributed by atoms with Crippen LogP contribution in [0.4, 0.5) is 9.59 Å². The molecule has 2 aromatic heterocycles. The molecule has 4 rings (SSSR count). The van der Waals surface area contributed by atoms with Crippen LogP contribution in [0.3, 0.4) is 0 Å². The fourth-order valence-electron chi connectivity index (χ4n) is 4.39. The van der Waals surface area contributed by atoms with Crippen LogP contribution in [-0.4, -0.2) is 47.1 Å². The SMILES string of the molecule is COc1ccc2nccc([C@@H]3OC(=O)O[C@H]3C3CCC(NC(=O)OC(C)(C)C)CC3)c2n1. The third kappa shape index (κ3) is 4.87. The van der Waals surface area contributed by atoms with Gasteiger partial charge in [-0.1, -0.05) is 0 Å². The van der Waals surface area contributed by atoms with Gasteiger partial charge in [0.25, 0.3) is 0 Å². The molecule has 9 heteroatoms. The number of fused-ring (bicyclic) bond motifs is 1. The Kier molecular flexibility index (Phi) is 6.08. The van der Waals surface area contributed by atoms with Gasteiger partial charge in [0.1, 0.15) is 11.7 Å². The van der Waals surface area contributed by atoms with Gasteiger partial charge in [-0.15, -0.1) is 0 Å². The van der Waals surface area contributed by atoms with E-state index in [0.717, 1.165) is 31.2 Å². The molecule has 1 amide bonds. The van der Waals surface area contributed by atoms with Crippen molar-refractivity contribution >= 4 is 23.3 Å². The number of cyclic esters (lactones) is 2. The van der Waals surface area contributed by atoms with Crippen molar-refractivity contribution in [2.24, 2.45) is 5.92 Å². The summed E-state index contributed by atoms with van der Waals surface area (Å²) in [6, 6.07) is 5.41. The van der Waals surface area contributed by atoms with E-state index in [9.17, 15) is 9.59 Å². The minimum absolute atomic E-state index is 0.0326. The maximum Gasteiger partial charge on any atom is 0.509 e. The molecule has 32 heavy (non-hydrogen) atoms. The van der Waals surface area contributed by atoms with Crippen molar-refractivity contribution in [3.8, 4) is 5.88 Å². The van der Waals surface area contributed by atoms with Gasteiger partial charge < -0.3 is 24.3 Å². The number of amides is 1. The number of carbonyl (C=O) groups is 2. The molecule has 0 unspecified atom stereocenters. The van der Waals surface area contributed by atoms with Crippen molar-refractivity contribution in [2.75, 3.05) is 7.11 Å². The van der Waals surface area contributed by atoms with Crippen LogP contribution in [0.25, 0.3) is 11.0 Å². The Balaban J connectivity index is 1.47. The quantitative estimate of drug-likeness (QED) is 0.697. The molecule has 9 nitrogen and oxygen atoms in total. The monoisotopic (exact) mass is 443 g/mol. The van der Waals surface area contributed by atoms with Gasteiger partial charge in [0.05, 0.1) is 18.1 Å². The lowest BCUT2D eigenvalue weighted by molar-refractivity contribution is 0.0436. The Bertz CT molecular complexity index is 997. The van der Waals surface area contributed by atoms with Crippen LogP contribution >= 0.6 is 0 Å². The molecule has 0 radical (unpaired) electrons. The summed E-state index contributed by atoms with van der Waals surface area (Å²) in [6.07, 6.45) is 2.71. The first-order chi connectivity index (χ1) is 15.2. The molecule has 0 bridgehead atoms. The smallest absolute Gasteiger partial charge is 0.481 e. The summed E-state index contributed by atoms with van der Waals surface area (Å²) >= 11 is 0. The van der Waals surface area contributed by atoms with Crippen molar-refractivity contribution in [2.45, 2.75) is 70.3 Å². The maximum atomic E-state index is 12.1. The number of ether oxygens (including phenoxy) is 4. The molecular formula is C23H29N3O6. The average molecular weight is 444 g/mol. The van der Waals surface area contributed by atoms with E-state index in [0.29, 0.717) is 16.9 Å². The lowest BCUT2D eigenvalue weighted by Gasteiger charge is -2.33. The minimum atomic E-state index is -0.679. The molecule has 1 saturated carbocycles. The van der Waals surface area contributed by atoms with Gasteiger partial charge in [0, 0.05) is 29.8 Å². The van der Waals surface area contributed by atoms with E-state index in [1.165, 1.54) is 0 Å². The molecule has 1 N–H and O–H groups in total. The van der Waals surface area contributed by atoms with Crippen LogP contribution in [0.5, 0.6) is 5.88 Å². The van der Waals surface area contributed by atoms with Gasteiger partial charge >= 0.3 is 12.2 Å². The largest absolute Gasteiger partial charge is 0.509 e. The van der Waals surface area contributed by atoms with E-state index >= 15 is 0 Å². The Hall–Kier alpha value is -3.10. The molecule has 0 spiro atoms. The fourth-order valence-corrected chi connectivity index (χ4v) is 4.39. The van der Waals surface area contributed by atoms with E-state index in [-0.39, 0.29) is 12.0 Å². The van der Waals surface area contributed by atoms with Gasteiger partial charge in [-0.25, -0.2) is 14.6 Å². The third-order valence-corrected chi connectivity index (χ3v) is 5.82. The van der Waals surface area contributed by atoms with Gasteiger partial charge in [0.15, 0.2) is 6.10 Å². The normalized spacial score (nSPS) is 25.7. The lowest BCUT2D eigenvalue weighted by atomic mass is 9.80. The van der Waals surface area contributed by atoms with Crippen molar-refractivity contribution in [3.05, 3.63) is 30.0 Å². The topological polar surface area (TPSA) is 109 Å². The predicted molar refractivity (Wildman–Crippen MR) is 115 cm³/mol. The Morgan fingerprint density at radius 1 is 1.12 bits per heavy atom. The standard InChI is InChI=1S/C23H29N3O6/c1-23(2,3)32-21(27)25-14-7-5-13(6-8-14)19-20(31-22(28)30-19)15-11-12-24-16-9-10-17(29-4)26-18(15)16/h9-14,19-20H,5-8H2,1-4H3,(H,25,27)/t13?,14?,19-,20-/m0/s1. The summed E-state index contributed by atoms with van der Waals surface area (Å²) in [4.78, 5) is 33.1. The maximum absolute atomic E-state index is 12.1. The zero-order valence-electron chi connectivity index (χ0n) is 18.8. The van der Waals surface area contributed by atoms with E-state index in [1.807, 2.05) is 32.9 Å². The van der Waals surface area contributed by atoms with Gasteiger partial charge in [0.2, 0.25) is 5.88 Å². The van der Waals surface area contributed by atoms with Crippen LogP contribution in [0.2, 0.25) is 0 Å². The van der Waals surface area contributed by atoms with Crippen molar-refractivity contribution in [1.82, 2.24) is 15.3 Å². The van der Waals surface area contributed by atoms with Crippen LogP contribution in [-0.2, 0) is 14.2 Å². The molecule has 2 aliphatic rings. The lowest BCUT2D eigenvalue weighted by Crippen LogP contribution is -2.42. The highest BCUT2D eigenvalue weighted by Gasteiger charge is 2.45. The Morgan fingerprint density at radius 3 is 2.56 bits per heavy atom. The zero-order valence-corrected chi connectivity index (χ0v) is 18.8. The van der Waals surface area contributed by atoms with Crippen LogP contribution < -0.4 is 10.1 Å². The third-order valence-electron chi connectivity index (χ3n) is 5.82. The number of hydrogen-bond donors (Lipinski definition) is 1. The van der Waals surface area contributed by atoms with E-state index < -0.39 is 30.1 Å². The minimum Gasteiger partial charge on any atom is -0.481 e. The number of carbonyl (C=O) groups excluding carboxylic acids is 2. The summed E-state index contributed by atoms with van der Waals surface area (Å²) < 4.78 is 21.8. The number of rotatable bonds is 4. The van der Waals surface area contributed by atoms with Gasteiger partial charge in [-0.2, -0.15) is 0 Å². The Labute approximate surface area is 186 Å². The van der Waals surface area contributed by atoms with Crippen LogP contribution in [0.1, 0.15) is 58.1 Å². The average Bonchev–Trinajstić information content (AvgIpc) is 3.13. The summed E-state index contributed by atoms with van der Waals surface area (Å²) in [5.74, 6) is 0.569. The van der Waals surface area contributed by atoms with E-state index in [4.69, 9.17) is 18.9 Å². The van der Waals surface area contributed by atoms with Gasteiger partial charge in [-0.05, 0) is 58.6 Å². The summed E-state index contributed by atoms with van der Waals surface area (Å²) in [5, 5.41) is 2.94. The molecule has 2 fully saturated rings. The zero-order chi connectivity index (χ0) is 22.9. The first kappa shape index (κ1) is 22.1. The second-order valence-corrected chi connectivity index (χ2v) is 9.25. The fraction of sp³-hybridized carbons (Fsp3) is 0.565. The molecule has 0 aromatic carbocycles. The number of nitrogens with zero attached hydrogens (tertiary/aromatic N) is 2. The van der Waals surface area contributed by atoms with Crippen LogP contribution in [0, 0.1) is 5.92 Å². The van der Waals surface area contributed by atoms with Crippen molar-refractivity contribution in [1.29, 1.82) is 0 Å². The second kappa shape index (κ2) is 8.80. The van der Waals surface area contributed by atoms with Crippen molar-refractivity contribution in [3.63, 3.8) is 0 Å². The van der Waals surface area contributed by atoms with Gasteiger partial charge in [-0.3, -0.25) is 4.98 Å². The summed E-state index contributed by atoms with van der Waals surface area (Å²) in [5.41, 5.74) is 1.53. The molecule has 3 heterocycles. The molecule has 2 aromatic rings. The number of nitrogens with one attached hydrogen (secondary N) is 1. The molecule has 1 aliphatic heterocycles. The number of alkyl carbamates (subject to hydrolysis) is 1. The molecular weight excluding hydrogens is 414 g/mol.